The summed E-state index contributed by atoms with van der Waals surface area (Å²) in [4.78, 5) is 11.8. The van der Waals surface area contributed by atoms with Crippen molar-refractivity contribution in [2.75, 3.05) is 0 Å². The van der Waals surface area contributed by atoms with Crippen molar-refractivity contribution in [2.45, 2.75) is 33.3 Å². The zero-order chi connectivity index (χ0) is 16.4. The van der Waals surface area contributed by atoms with Crippen molar-refractivity contribution in [3.05, 3.63) is 75.6 Å². The Morgan fingerprint density at radius 3 is 2.57 bits per heavy atom. The summed E-state index contributed by atoms with van der Waals surface area (Å²) in [6, 6.07) is 15.5. The lowest BCUT2D eigenvalue weighted by Gasteiger charge is -2.17. The van der Waals surface area contributed by atoms with Crippen LogP contribution in [0.5, 0.6) is 5.75 Å². The van der Waals surface area contributed by atoms with E-state index in [1.165, 1.54) is 0 Å². The second-order valence-electron chi connectivity index (χ2n) is 5.68. The molecule has 0 fully saturated rings. The molecule has 0 unspecified atom stereocenters. The van der Waals surface area contributed by atoms with Crippen LogP contribution in [0, 0.1) is 6.92 Å². The van der Waals surface area contributed by atoms with Gasteiger partial charge in [-0.25, -0.2) is 4.79 Å². The van der Waals surface area contributed by atoms with Crippen molar-refractivity contribution < 1.29 is 9.15 Å². The first-order valence-electron chi connectivity index (χ1n) is 7.88. The molecule has 0 amide bonds. The molecule has 3 heteroatoms. The SMILES string of the molecule is CCc1cc(=O)oc2c(C)c(O[C@@H](C)c3ccccc3)ccc12. The van der Waals surface area contributed by atoms with E-state index in [9.17, 15) is 4.79 Å². The summed E-state index contributed by atoms with van der Waals surface area (Å²) in [6.07, 6.45) is 0.718. The predicted octanol–water partition coefficient (Wildman–Crippen LogP) is 4.80. The van der Waals surface area contributed by atoms with Crippen LogP contribution in [0.4, 0.5) is 0 Å². The molecule has 3 rings (SSSR count). The van der Waals surface area contributed by atoms with Crippen LogP contribution in [-0.4, -0.2) is 0 Å². The Labute approximate surface area is 135 Å². The average Bonchev–Trinajstić information content (AvgIpc) is 2.57. The molecule has 118 valence electrons. The number of aryl methyl sites for hydroxylation is 2. The molecule has 0 radical (unpaired) electrons. The number of fused-ring (bicyclic) bond motifs is 1. The molecular formula is C20H20O3. The first kappa shape index (κ1) is 15.3. The van der Waals surface area contributed by atoms with Crippen LogP contribution in [0.15, 0.2) is 57.7 Å². The van der Waals surface area contributed by atoms with Gasteiger partial charge >= 0.3 is 5.63 Å². The number of hydrogen-bond donors (Lipinski definition) is 0. The Balaban J connectivity index is 2.03. The lowest BCUT2D eigenvalue weighted by atomic mass is 10.0. The second-order valence-corrected chi connectivity index (χ2v) is 5.68. The van der Waals surface area contributed by atoms with Crippen molar-refractivity contribution >= 4 is 11.0 Å². The van der Waals surface area contributed by atoms with Crippen LogP contribution in [0.1, 0.15) is 36.6 Å². The maximum absolute atomic E-state index is 11.8. The van der Waals surface area contributed by atoms with Crippen molar-refractivity contribution in [3.63, 3.8) is 0 Å². The highest BCUT2D eigenvalue weighted by atomic mass is 16.5. The van der Waals surface area contributed by atoms with Gasteiger partial charge < -0.3 is 9.15 Å². The monoisotopic (exact) mass is 308 g/mol. The molecule has 0 aliphatic heterocycles. The number of benzene rings is 2. The molecule has 0 saturated carbocycles. The fourth-order valence-corrected chi connectivity index (χ4v) is 2.81. The Morgan fingerprint density at radius 1 is 1.13 bits per heavy atom. The summed E-state index contributed by atoms with van der Waals surface area (Å²) in [5.74, 6) is 0.741. The molecule has 3 aromatic rings. The Kier molecular flexibility index (Phi) is 4.20. The predicted molar refractivity (Wildman–Crippen MR) is 92.1 cm³/mol. The maximum atomic E-state index is 11.8. The van der Waals surface area contributed by atoms with Crippen molar-refractivity contribution in [1.29, 1.82) is 0 Å². The molecule has 1 atom stereocenters. The molecule has 2 aromatic carbocycles. The van der Waals surface area contributed by atoms with E-state index in [1.807, 2.05) is 63.2 Å². The van der Waals surface area contributed by atoms with Gasteiger partial charge in [0, 0.05) is 17.0 Å². The van der Waals surface area contributed by atoms with E-state index in [0.29, 0.717) is 5.58 Å². The normalized spacial score (nSPS) is 12.3. The zero-order valence-electron chi connectivity index (χ0n) is 13.6. The minimum atomic E-state index is -0.314. The second kappa shape index (κ2) is 6.29. The maximum Gasteiger partial charge on any atom is 0.336 e. The van der Waals surface area contributed by atoms with Gasteiger partial charge in [-0.1, -0.05) is 37.3 Å². The quantitative estimate of drug-likeness (QED) is 0.650. The van der Waals surface area contributed by atoms with E-state index in [1.54, 1.807) is 6.07 Å². The fourth-order valence-electron chi connectivity index (χ4n) is 2.81. The highest BCUT2D eigenvalue weighted by Gasteiger charge is 2.14. The molecular weight excluding hydrogens is 288 g/mol. The van der Waals surface area contributed by atoms with E-state index < -0.39 is 0 Å². The van der Waals surface area contributed by atoms with Gasteiger partial charge in [0.05, 0.1) is 0 Å². The van der Waals surface area contributed by atoms with E-state index in [4.69, 9.17) is 9.15 Å². The van der Waals surface area contributed by atoms with Gasteiger partial charge in [-0.15, -0.1) is 0 Å². The van der Waals surface area contributed by atoms with E-state index in [-0.39, 0.29) is 11.7 Å². The molecule has 0 N–H and O–H groups in total. The molecule has 0 aliphatic carbocycles. The van der Waals surface area contributed by atoms with Crippen LogP contribution in [0.25, 0.3) is 11.0 Å². The number of rotatable bonds is 4. The van der Waals surface area contributed by atoms with Crippen molar-refractivity contribution in [3.8, 4) is 5.75 Å². The fraction of sp³-hybridized carbons (Fsp3) is 0.250. The molecule has 23 heavy (non-hydrogen) atoms. The molecule has 0 saturated heterocycles. The highest BCUT2D eigenvalue weighted by molar-refractivity contribution is 5.84. The van der Waals surface area contributed by atoms with Crippen LogP contribution < -0.4 is 10.4 Å². The summed E-state index contributed by atoms with van der Waals surface area (Å²) < 4.78 is 11.5. The molecule has 1 aromatic heterocycles. The lowest BCUT2D eigenvalue weighted by molar-refractivity contribution is 0.225. The third-order valence-electron chi connectivity index (χ3n) is 4.15. The third kappa shape index (κ3) is 3.00. The molecule has 1 heterocycles. The van der Waals surface area contributed by atoms with Gasteiger partial charge in [-0.3, -0.25) is 0 Å². The van der Waals surface area contributed by atoms with Gasteiger partial charge in [-0.05, 0) is 43.5 Å². The Morgan fingerprint density at radius 2 is 1.87 bits per heavy atom. The largest absolute Gasteiger partial charge is 0.486 e. The highest BCUT2D eigenvalue weighted by Crippen LogP contribution is 2.31. The van der Waals surface area contributed by atoms with Crippen molar-refractivity contribution in [1.82, 2.24) is 0 Å². The summed E-state index contributed by atoms with van der Waals surface area (Å²) in [6.45, 7) is 5.97. The number of ether oxygens (including phenoxy) is 1. The van der Waals surface area contributed by atoms with Gasteiger partial charge in [0.15, 0.2) is 0 Å². The third-order valence-corrected chi connectivity index (χ3v) is 4.15. The van der Waals surface area contributed by atoms with Crippen LogP contribution in [0.2, 0.25) is 0 Å². The topological polar surface area (TPSA) is 39.4 Å². The Bertz CT molecular complexity index is 879. The van der Waals surface area contributed by atoms with Crippen LogP contribution >= 0.6 is 0 Å². The minimum absolute atomic E-state index is 0.0755. The van der Waals surface area contributed by atoms with Crippen LogP contribution in [0.3, 0.4) is 0 Å². The number of hydrogen-bond acceptors (Lipinski definition) is 3. The first-order valence-corrected chi connectivity index (χ1v) is 7.88. The summed E-state index contributed by atoms with van der Waals surface area (Å²) in [5.41, 5.74) is 3.27. The molecule has 3 nitrogen and oxygen atoms in total. The van der Waals surface area contributed by atoms with Gasteiger partial charge in [0.2, 0.25) is 0 Å². The van der Waals surface area contributed by atoms with Crippen molar-refractivity contribution in [2.24, 2.45) is 0 Å². The van der Waals surface area contributed by atoms with E-state index in [0.717, 1.165) is 34.2 Å². The summed E-state index contributed by atoms with van der Waals surface area (Å²) in [7, 11) is 0. The minimum Gasteiger partial charge on any atom is -0.486 e. The van der Waals surface area contributed by atoms with Gasteiger partial charge in [0.1, 0.15) is 17.4 Å². The summed E-state index contributed by atoms with van der Waals surface area (Å²) >= 11 is 0. The molecule has 0 bridgehead atoms. The summed E-state index contributed by atoms with van der Waals surface area (Å²) in [5, 5.41) is 0.976. The average molecular weight is 308 g/mol. The first-order chi connectivity index (χ1) is 11.1. The van der Waals surface area contributed by atoms with Gasteiger partial charge in [-0.2, -0.15) is 0 Å². The van der Waals surface area contributed by atoms with E-state index in [2.05, 4.69) is 0 Å². The lowest BCUT2D eigenvalue weighted by Crippen LogP contribution is -2.05. The molecule has 0 aliphatic rings. The smallest absolute Gasteiger partial charge is 0.336 e. The molecule has 0 spiro atoms. The van der Waals surface area contributed by atoms with E-state index >= 15 is 0 Å². The Hall–Kier alpha value is -2.55. The standard InChI is InChI=1S/C20H20O3/c1-4-15-12-19(21)23-20-13(2)18(11-10-17(15)20)22-14(3)16-8-6-5-7-9-16/h5-12,14H,4H2,1-3H3/t14-/m0/s1. The van der Waals surface area contributed by atoms with Crippen LogP contribution in [-0.2, 0) is 6.42 Å². The van der Waals surface area contributed by atoms with Gasteiger partial charge in [0.25, 0.3) is 0 Å². The zero-order valence-corrected chi connectivity index (χ0v) is 13.6.